The van der Waals surface area contributed by atoms with Crippen molar-refractivity contribution in [2.75, 3.05) is 5.32 Å². The molecule has 0 unspecified atom stereocenters. The summed E-state index contributed by atoms with van der Waals surface area (Å²) in [5, 5.41) is 11.8. The van der Waals surface area contributed by atoms with Crippen LogP contribution in [0.5, 0.6) is 0 Å². The van der Waals surface area contributed by atoms with E-state index in [9.17, 15) is 18.4 Å². The minimum absolute atomic E-state index is 0.0169. The van der Waals surface area contributed by atoms with Gasteiger partial charge in [-0.2, -0.15) is 10.2 Å². The summed E-state index contributed by atoms with van der Waals surface area (Å²) in [4.78, 5) is 29.8. The zero-order valence-electron chi connectivity index (χ0n) is 19.2. The molecule has 0 saturated carbocycles. The van der Waals surface area contributed by atoms with Gasteiger partial charge >= 0.3 is 0 Å². The van der Waals surface area contributed by atoms with Crippen LogP contribution in [0.3, 0.4) is 0 Å². The summed E-state index contributed by atoms with van der Waals surface area (Å²) < 4.78 is 30.7. The Bertz CT molecular complexity index is 1450. The molecule has 178 valence electrons. The van der Waals surface area contributed by atoms with Crippen LogP contribution in [0, 0.1) is 20.8 Å². The van der Waals surface area contributed by atoms with Crippen molar-refractivity contribution in [2.45, 2.75) is 40.7 Å². The SMILES string of the molecule is CCn1cc(-c2cc(C(F)F)nc3sc(C(N)=O)c(NC(=O)c4c(C)nn(C)c4C)c23)c(C)n1. The van der Waals surface area contributed by atoms with E-state index < -0.39 is 23.9 Å². The van der Waals surface area contributed by atoms with Gasteiger partial charge in [-0.15, -0.1) is 11.3 Å². The van der Waals surface area contributed by atoms with Crippen LogP contribution in [-0.4, -0.2) is 36.4 Å². The van der Waals surface area contributed by atoms with Gasteiger partial charge in [0.2, 0.25) is 0 Å². The predicted molar refractivity (Wildman–Crippen MR) is 125 cm³/mol. The number of carbonyl (C=O) groups excluding carboxylic acids is 2. The monoisotopic (exact) mass is 487 g/mol. The first kappa shape index (κ1) is 23.5. The number of pyridine rings is 1. The molecule has 2 amide bonds. The molecular formula is C22H23F2N7O2S. The predicted octanol–water partition coefficient (Wildman–Crippen LogP) is 4.13. The minimum atomic E-state index is -2.83. The lowest BCUT2D eigenvalue weighted by Crippen LogP contribution is -2.18. The summed E-state index contributed by atoms with van der Waals surface area (Å²) in [5.41, 5.74) is 8.38. The minimum Gasteiger partial charge on any atom is -0.365 e. The van der Waals surface area contributed by atoms with Crippen LogP contribution in [0.25, 0.3) is 21.3 Å². The Kier molecular flexibility index (Phi) is 5.94. The smallest absolute Gasteiger partial charge is 0.280 e. The average molecular weight is 488 g/mol. The molecule has 0 aliphatic heterocycles. The number of nitrogens with one attached hydrogen (secondary N) is 1. The summed E-state index contributed by atoms with van der Waals surface area (Å²) >= 11 is 0.860. The van der Waals surface area contributed by atoms with Crippen LogP contribution in [0.2, 0.25) is 0 Å². The number of hydrogen-bond acceptors (Lipinski definition) is 6. The molecule has 0 saturated heterocycles. The van der Waals surface area contributed by atoms with Gasteiger partial charge in [0.05, 0.1) is 22.6 Å². The van der Waals surface area contributed by atoms with Gasteiger partial charge < -0.3 is 11.1 Å². The van der Waals surface area contributed by atoms with E-state index in [1.165, 1.54) is 6.07 Å². The van der Waals surface area contributed by atoms with E-state index in [0.717, 1.165) is 11.3 Å². The van der Waals surface area contributed by atoms with Crippen molar-refractivity contribution in [1.29, 1.82) is 0 Å². The van der Waals surface area contributed by atoms with E-state index in [1.807, 2.05) is 6.92 Å². The molecule has 0 aromatic carbocycles. The van der Waals surface area contributed by atoms with Crippen molar-refractivity contribution >= 4 is 39.1 Å². The van der Waals surface area contributed by atoms with Gasteiger partial charge in [0.25, 0.3) is 18.2 Å². The molecule has 3 N–H and O–H groups in total. The lowest BCUT2D eigenvalue weighted by molar-refractivity contribution is 0.100. The molecule has 0 aliphatic carbocycles. The molecule has 34 heavy (non-hydrogen) atoms. The van der Waals surface area contributed by atoms with E-state index in [-0.39, 0.29) is 15.4 Å². The molecule has 0 fully saturated rings. The van der Waals surface area contributed by atoms with Crippen LogP contribution in [0.1, 0.15) is 56.2 Å². The van der Waals surface area contributed by atoms with Crippen molar-refractivity contribution in [3.8, 4) is 11.1 Å². The Morgan fingerprint density at radius 2 is 1.88 bits per heavy atom. The third-order valence-electron chi connectivity index (χ3n) is 5.66. The molecule has 0 spiro atoms. The lowest BCUT2D eigenvalue weighted by atomic mass is 10.0. The number of fused-ring (bicyclic) bond motifs is 1. The third kappa shape index (κ3) is 3.83. The fraction of sp³-hybridized carbons (Fsp3) is 0.318. The van der Waals surface area contributed by atoms with Crippen molar-refractivity contribution in [2.24, 2.45) is 12.8 Å². The third-order valence-corrected chi connectivity index (χ3v) is 6.76. The molecule has 4 aromatic rings. The second-order valence-corrected chi connectivity index (χ2v) is 8.85. The zero-order valence-corrected chi connectivity index (χ0v) is 20.0. The Balaban J connectivity index is 2.00. The van der Waals surface area contributed by atoms with E-state index >= 15 is 0 Å². The number of nitrogens with two attached hydrogens (primary N) is 1. The molecule has 4 rings (SSSR count). The number of aryl methyl sites for hydroxylation is 4. The van der Waals surface area contributed by atoms with Crippen LogP contribution >= 0.6 is 11.3 Å². The first-order valence-electron chi connectivity index (χ1n) is 10.4. The highest BCUT2D eigenvalue weighted by Gasteiger charge is 2.27. The maximum atomic E-state index is 13.7. The number of carbonyl (C=O) groups is 2. The number of nitrogens with zero attached hydrogens (tertiary/aromatic N) is 5. The van der Waals surface area contributed by atoms with Gasteiger partial charge in [0, 0.05) is 36.4 Å². The Labute approximate surface area is 197 Å². The number of rotatable bonds is 6. The number of amides is 2. The molecule has 4 heterocycles. The second-order valence-electron chi connectivity index (χ2n) is 7.85. The number of hydrogen-bond donors (Lipinski definition) is 2. The van der Waals surface area contributed by atoms with Crippen LogP contribution < -0.4 is 11.1 Å². The average Bonchev–Trinajstić information content (AvgIpc) is 3.40. The van der Waals surface area contributed by atoms with Crippen molar-refractivity contribution in [3.05, 3.63) is 45.5 Å². The number of halogens is 2. The first-order valence-corrected chi connectivity index (χ1v) is 11.3. The number of aromatic nitrogens is 5. The molecule has 0 atom stereocenters. The standard InChI is InChI=1S/C22H23F2N7O2S/c1-6-31-8-13(9(2)29-31)12-7-14(19(23)24)26-22-16(12)17(18(34-22)20(25)32)27-21(33)15-10(3)28-30(5)11(15)4/h7-8,19H,6H2,1-5H3,(H2,25,32)(H,27,33). The van der Waals surface area contributed by atoms with Gasteiger partial charge in [-0.1, -0.05) is 0 Å². The highest BCUT2D eigenvalue weighted by Crippen LogP contribution is 2.43. The van der Waals surface area contributed by atoms with Crippen LogP contribution in [0.15, 0.2) is 12.3 Å². The van der Waals surface area contributed by atoms with E-state index in [4.69, 9.17) is 5.73 Å². The fourth-order valence-electron chi connectivity index (χ4n) is 3.96. The maximum absolute atomic E-state index is 13.7. The highest BCUT2D eigenvalue weighted by molar-refractivity contribution is 7.21. The number of thiophene rings is 1. The summed E-state index contributed by atoms with van der Waals surface area (Å²) in [5.74, 6) is -1.29. The second kappa shape index (κ2) is 8.60. The highest BCUT2D eigenvalue weighted by atomic mass is 32.1. The number of primary amides is 1. The first-order chi connectivity index (χ1) is 16.0. The topological polar surface area (TPSA) is 121 Å². The quantitative estimate of drug-likeness (QED) is 0.424. The molecule has 4 aromatic heterocycles. The maximum Gasteiger partial charge on any atom is 0.280 e. The Hall–Kier alpha value is -3.67. The Morgan fingerprint density at radius 1 is 1.18 bits per heavy atom. The van der Waals surface area contributed by atoms with Gasteiger partial charge in [0.15, 0.2) is 0 Å². The van der Waals surface area contributed by atoms with E-state index in [1.54, 1.807) is 43.4 Å². The number of alkyl halides is 2. The fourth-order valence-corrected chi connectivity index (χ4v) is 4.97. The summed E-state index contributed by atoms with van der Waals surface area (Å²) in [6, 6.07) is 1.27. The van der Waals surface area contributed by atoms with E-state index in [2.05, 4.69) is 20.5 Å². The van der Waals surface area contributed by atoms with Gasteiger partial charge in [0.1, 0.15) is 15.4 Å². The largest absolute Gasteiger partial charge is 0.365 e. The van der Waals surface area contributed by atoms with Crippen LogP contribution in [-0.2, 0) is 13.6 Å². The van der Waals surface area contributed by atoms with Crippen LogP contribution in [0.4, 0.5) is 14.5 Å². The lowest BCUT2D eigenvalue weighted by Gasteiger charge is -2.11. The molecule has 0 radical (unpaired) electrons. The molecular weight excluding hydrogens is 464 g/mol. The van der Waals surface area contributed by atoms with E-state index in [0.29, 0.717) is 45.7 Å². The van der Waals surface area contributed by atoms with Gasteiger partial charge in [-0.25, -0.2) is 13.8 Å². The molecule has 12 heteroatoms. The molecule has 0 aliphatic rings. The molecule has 9 nitrogen and oxygen atoms in total. The Morgan fingerprint density at radius 3 is 2.41 bits per heavy atom. The van der Waals surface area contributed by atoms with Gasteiger partial charge in [-0.05, 0) is 39.3 Å². The van der Waals surface area contributed by atoms with Gasteiger partial charge in [-0.3, -0.25) is 19.0 Å². The van der Waals surface area contributed by atoms with Crippen molar-refractivity contribution < 1.29 is 18.4 Å². The van der Waals surface area contributed by atoms with Crippen molar-refractivity contribution in [1.82, 2.24) is 24.5 Å². The summed E-state index contributed by atoms with van der Waals surface area (Å²) in [7, 11) is 1.72. The normalized spacial score (nSPS) is 11.5. The molecule has 0 bridgehead atoms. The number of anilines is 1. The summed E-state index contributed by atoms with van der Waals surface area (Å²) in [6.45, 7) is 7.70. The van der Waals surface area contributed by atoms with Crippen molar-refractivity contribution in [3.63, 3.8) is 0 Å². The zero-order chi connectivity index (χ0) is 24.9. The summed E-state index contributed by atoms with van der Waals surface area (Å²) in [6.07, 6.45) is -1.09.